The van der Waals surface area contributed by atoms with E-state index >= 15 is 0 Å². The summed E-state index contributed by atoms with van der Waals surface area (Å²) in [6, 6.07) is 8.41. The van der Waals surface area contributed by atoms with E-state index in [0.29, 0.717) is 12.0 Å². The summed E-state index contributed by atoms with van der Waals surface area (Å²) in [5.74, 6) is 1.45. The number of piperidine rings is 1. The quantitative estimate of drug-likeness (QED) is 0.866. The molecule has 2 atom stereocenters. The number of hydrogen-bond acceptors (Lipinski definition) is 3. The van der Waals surface area contributed by atoms with Gasteiger partial charge in [0.05, 0.1) is 0 Å². The van der Waals surface area contributed by atoms with Gasteiger partial charge in [0.1, 0.15) is 5.75 Å². The lowest BCUT2D eigenvalue weighted by atomic mass is 9.87. The van der Waals surface area contributed by atoms with Crippen LogP contribution in [-0.2, 0) is 11.2 Å². The molecule has 1 N–H and O–H groups in total. The summed E-state index contributed by atoms with van der Waals surface area (Å²) in [5.41, 5.74) is 1.22. The van der Waals surface area contributed by atoms with Gasteiger partial charge in [-0.2, -0.15) is 0 Å². The van der Waals surface area contributed by atoms with Crippen LogP contribution in [0.15, 0.2) is 24.3 Å². The summed E-state index contributed by atoms with van der Waals surface area (Å²) in [4.78, 5) is 14.8. The first-order chi connectivity index (χ1) is 11.3. The number of amides is 1. The molecule has 4 heteroatoms. The maximum absolute atomic E-state index is 12.3. The van der Waals surface area contributed by atoms with Gasteiger partial charge in [0.25, 0.3) is 5.91 Å². The van der Waals surface area contributed by atoms with Crippen molar-refractivity contribution in [3.05, 3.63) is 29.8 Å². The molecule has 0 radical (unpaired) electrons. The normalized spacial score (nSPS) is 26.7. The van der Waals surface area contributed by atoms with Gasteiger partial charge in [0.2, 0.25) is 0 Å². The van der Waals surface area contributed by atoms with Crippen LogP contribution in [0, 0.1) is 5.92 Å². The summed E-state index contributed by atoms with van der Waals surface area (Å²) in [7, 11) is 0. The largest absolute Gasteiger partial charge is 0.483 e. The van der Waals surface area contributed by atoms with Crippen molar-refractivity contribution in [1.82, 2.24) is 10.2 Å². The Kier molecular flexibility index (Phi) is 5.55. The van der Waals surface area contributed by atoms with Gasteiger partial charge in [0.15, 0.2) is 6.61 Å². The fraction of sp³-hybridized carbons (Fsp3) is 0.632. The number of benzene rings is 1. The van der Waals surface area contributed by atoms with Crippen LogP contribution in [0.1, 0.15) is 38.2 Å². The zero-order valence-corrected chi connectivity index (χ0v) is 14.1. The van der Waals surface area contributed by atoms with Gasteiger partial charge < -0.3 is 15.0 Å². The summed E-state index contributed by atoms with van der Waals surface area (Å²) in [5, 5.41) is 3.22. The van der Waals surface area contributed by atoms with E-state index in [1.807, 2.05) is 18.2 Å². The minimum atomic E-state index is 0.0142. The summed E-state index contributed by atoms with van der Waals surface area (Å²) in [6.45, 7) is 5.64. The Morgan fingerprint density at radius 1 is 1.26 bits per heavy atom. The van der Waals surface area contributed by atoms with Crippen molar-refractivity contribution < 1.29 is 9.53 Å². The van der Waals surface area contributed by atoms with E-state index in [4.69, 9.17) is 4.74 Å². The highest BCUT2D eigenvalue weighted by Crippen LogP contribution is 2.25. The van der Waals surface area contributed by atoms with Crippen molar-refractivity contribution in [3.8, 4) is 5.75 Å². The number of para-hydroxylation sites is 1. The number of hydrogen-bond donors (Lipinski definition) is 1. The second-order valence-corrected chi connectivity index (χ2v) is 6.76. The molecule has 0 unspecified atom stereocenters. The first kappa shape index (κ1) is 16.3. The van der Waals surface area contributed by atoms with Gasteiger partial charge in [-0.15, -0.1) is 0 Å². The van der Waals surface area contributed by atoms with E-state index in [2.05, 4.69) is 23.2 Å². The molecule has 0 aromatic heterocycles. The molecule has 0 saturated carbocycles. The molecule has 1 saturated heterocycles. The number of rotatable bonds is 1. The standard InChI is InChI=1S/C19H28N2O2/c1-2-21-12-11-17-16(13-21)9-4-3-7-15-8-5-6-10-18(15)23-14-19(22)20-17/h5-6,8,10,16-17H,2-4,7,9,11-14H2,1H3,(H,20,22)/t16-,17+/m0/s1. The number of carbonyl (C=O) groups excluding carboxylic acids is 1. The topological polar surface area (TPSA) is 41.6 Å². The maximum atomic E-state index is 12.3. The Morgan fingerprint density at radius 3 is 3.00 bits per heavy atom. The van der Waals surface area contributed by atoms with Crippen molar-refractivity contribution in [2.24, 2.45) is 5.92 Å². The zero-order valence-electron chi connectivity index (χ0n) is 14.1. The number of nitrogens with zero attached hydrogens (tertiary/aromatic N) is 1. The van der Waals surface area contributed by atoms with Gasteiger partial charge in [0, 0.05) is 19.1 Å². The average molecular weight is 316 g/mol. The van der Waals surface area contributed by atoms with Gasteiger partial charge in [-0.1, -0.05) is 31.5 Å². The van der Waals surface area contributed by atoms with Gasteiger partial charge in [-0.25, -0.2) is 0 Å². The number of nitrogens with one attached hydrogen (secondary N) is 1. The first-order valence-corrected chi connectivity index (χ1v) is 8.98. The van der Waals surface area contributed by atoms with Crippen LogP contribution in [0.25, 0.3) is 0 Å². The van der Waals surface area contributed by atoms with Crippen LogP contribution in [0.4, 0.5) is 0 Å². The SMILES string of the molecule is CCN1CC[C@H]2NC(=O)COc3ccccc3CCCC[C@H]2C1. The summed E-state index contributed by atoms with van der Waals surface area (Å²) >= 11 is 0. The number of likely N-dealkylation sites (tertiary alicyclic amines) is 1. The Bertz CT molecular complexity index is 532. The average Bonchev–Trinajstić information content (AvgIpc) is 2.57. The molecular formula is C19H28N2O2. The Hall–Kier alpha value is -1.55. The molecule has 2 aliphatic rings. The third-order valence-corrected chi connectivity index (χ3v) is 5.21. The molecule has 2 heterocycles. The number of fused-ring (bicyclic) bond motifs is 2. The lowest BCUT2D eigenvalue weighted by molar-refractivity contribution is -0.124. The summed E-state index contributed by atoms with van der Waals surface area (Å²) < 4.78 is 5.77. The molecule has 3 rings (SSSR count). The molecule has 1 aromatic carbocycles. The highest BCUT2D eigenvalue weighted by atomic mass is 16.5. The molecule has 23 heavy (non-hydrogen) atoms. The smallest absolute Gasteiger partial charge is 0.258 e. The first-order valence-electron chi connectivity index (χ1n) is 8.98. The monoisotopic (exact) mass is 316 g/mol. The molecule has 1 aromatic rings. The van der Waals surface area contributed by atoms with Gasteiger partial charge in [-0.05, 0) is 49.8 Å². The molecular weight excluding hydrogens is 288 g/mol. The third-order valence-electron chi connectivity index (χ3n) is 5.21. The van der Waals surface area contributed by atoms with Crippen LogP contribution < -0.4 is 10.1 Å². The number of ether oxygens (including phenoxy) is 1. The third kappa shape index (κ3) is 4.25. The highest BCUT2D eigenvalue weighted by molar-refractivity contribution is 5.78. The highest BCUT2D eigenvalue weighted by Gasteiger charge is 2.29. The lowest BCUT2D eigenvalue weighted by Crippen LogP contribution is -2.51. The van der Waals surface area contributed by atoms with Gasteiger partial charge >= 0.3 is 0 Å². The minimum Gasteiger partial charge on any atom is -0.483 e. The van der Waals surface area contributed by atoms with E-state index in [0.717, 1.165) is 38.2 Å². The Labute approximate surface area is 139 Å². The molecule has 0 aliphatic carbocycles. The predicted octanol–water partition coefficient (Wildman–Crippen LogP) is 2.62. The van der Waals surface area contributed by atoms with Gasteiger partial charge in [-0.3, -0.25) is 4.79 Å². The molecule has 2 aliphatic heterocycles. The predicted molar refractivity (Wildman–Crippen MR) is 91.6 cm³/mol. The van der Waals surface area contributed by atoms with Crippen molar-refractivity contribution in [2.75, 3.05) is 26.2 Å². The van der Waals surface area contributed by atoms with Crippen LogP contribution in [0.2, 0.25) is 0 Å². The Morgan fingerprint density at radius 2 is 2.13 bits per heavy atom. The van der Waals surface area contributed by atoms with E-state index in [9.17, 15) is 4.79 Å². The van der Waals surface area contributed by atoms with Crippen LogP contribution in [0.5, 0.6) is 5.75 Å². The number of aryl methyl sites for hydroxylation is 1. The van der Waals surface area contributed by atoms with E-state index < -0.39 is 0 Å². The lowest BCUT2D eigenvalue weighted by Gasteiger charge is -2.38. The van der Waals surface area contributed by atoms with E-state index in [-0.39, 0.29) is 12.5 Å². The van der Waals surface area contributed by atoms with E-state index in [1.165, 1.54) is 24.8 Å². The van der Waals surface area contributed by atoms with Crippen molar-refractivity contribution in [1.29, 1.82) is 0 Å². The van der Waals surface area contributed by atoms with Crippen molar-refractivity contribution in [2.45, 2.75) is 45.1 Å². The second kappa shape index (κ2) is 7.82. The Balaban J connectivity index is 1.70. The fourth-order valence-corrected chi connectivity index (χ4v) is 3.84. The maximum Gasteiger partial charge on any atom is 0.258 e. The zero-order chi connectivity index (χ0) is 16.1. The van der Waals surface area contributed by atoms with E-state index in [1.54, 1.807) is 0 Å². The second-order valence-electron chi connectivity index (χ2n) is 6.76. The van der Waals surface area contributed by atoms with Crippen LogP contribution in [0.3, 0.4) is 0 Å². The molecule has 1 amide bonds. The summed E-state index contributed by atoms with van der Waals surface area (Å²) in [6.07, 6.45) is 5.69. The number of carbonyl (C=O) groups is 1. The van der Waals surface area contributed by atoms with Crippen molar-refractivity contribution in [3.63, 3.8) is 0 Å². The minimum absolute atomic E-state index is 0.0142. The fourth-order valence-electron chi connectivity index (χ4n) is 3.84. The molecule has 1 fully saturated rings. The van der Waals surface area contributed by atoms with Crippen LogP contribution >= 0.6 is 0 Å². The molecule has 0 spiro atoms. The molecule has 126 valence electrons. The molecule has 0 bridgehead atoms. The molecule has 4 nitrogen and oxygen atoms in total. The van der Waals surface area contributed by atoms with Crippen LogP contribution in [-0.4, -0.2) is 43.1 Å². The van der Waals surface area contributed by atoms with Crippen molar-refractivity contribution >= 4 is 5.91 Å².